The lowest BCUT2D eigenvalue weighted by Crippen LogP contribution is -2.65. The number of carbonyl (C=O) groups excluding carboxylic acids is 5. The smallest absolute Gasteiger partial charge is 0.329 e. The van der Waals surface area contributed by atoms with Gasteiger partial charge in [0.2, 0.25) is 5.79 Å². The summed E-state index contributed by atoms with van der Waals surface area (Å²) in [6.45, 7) is 10.9. The zero-order valence-electron chi connectivity index (χ0n) is 39.5. The first-order valence-electron chi connectivity index (χ1n) is 23.5. The number of aliphatic hydroxyl groups is 3. The van der Waals surface area contributed by atoms with Crippen LogP contribution in [0.3, 0.4) is 0 Å². The van der Waals surface area contributed by atoms with Crippen LogP contribution in [-0.2, 0) is 47.7 Å². The maximum Gasteiger partial charge on any atom is 0.329 e. The van der Waals surface area contributed by atoms with Crippen LogP contribution in [0.1, 0.15) is 112 Å². The van der Waals surface area contributed by atoms with E-state index in [1.807, 2.05) is 51.2 Å². The van der Waals surface area contributed by atoms with Crippen molar-refractivity contribution in [3.8, 4) is 0 Å². The van der Waals surface area contributed by atoms with Gasteiger partial charge in [-0.15, -0.1) is 0 Å². The molecule has 358 valence electrons. The first-order chi connectivity index (χ1) is 30.3. The fraction of sp³-hybridized carbons (Fsp3) is 0.740. The van der Waals surface area contributed by atoms with Crippen molar-refractivity contribution in [2.24, 2.45) is 41.4 Å². The zero-order valence-corrected chi connectivity index (χ0v) is 39.5. The fourth-order valence-corrected chi connectivity index (χ4v) is 10.9. The largest absolute Gasteiger partial charge is 0.460 e. The highest BCUT2D eigenvalue weighted by atomic mass is 16.6. The van der Waals surface area contributed by atoms with Crippen molar-refractivity contribution in [2.75, 3.05) is 27.9 Å². The average Bonchev–Trinajstić information content (AvgIpc) is 3.27. The number of carbonyl (C=O) groups is 5. The number of Topliss-reactive ketones (excluding diaryl/α,β-unsaturated/α-hetero) is 3. The quantitative estimate of drug-likeness (QED) is 0.181. The van der Waals surface area contributed by atoms with E-state index in [-0.39, 0.29) is 42.5 Å². The van der Waals surface area contributed by atoms with Gasteiger partial charge in [0.15, 0.2) is 5.78 Å². The van der Waals surface area contributed by atoms with Gasteiger partial charge in [0.25, 0.3) is 11.7 Å². The van der Waals surface area contributed by atoms with Crippen molar-refractivity contribution >= 4 is 29.2 Å². The van der Waals surface area contributed by atoms with Gasteiger partial charge in [0.05, 0.1) is 24.4 Å². The van der Waals surface area contributed by atoms with E-state index in [4.69, 9.17) is 23.7 Å². The van der Waals surface area contributed by atoms with E-state index in [0.29, 0.717) is 69.8 Å². The Kier molecular flexibility index (Phi) is 18.5. The molecule has 64 heavy (non-hydrogen) atoms. The van der Waals surface area contributed by atoms with Crippen LogP contribution in [0.2, 0.25) is 0 Å². The molecule has 1 saturated carbocycles. The Morgan fingerprint density at radius 1 is 0.844 bits per heavy atom. The van der Waals surface area contributed by atoms with E-state index in [0.717, 1.165) is 5.57 Å². The van der Waals surface area contributed by atoms with Gasteiger partial charge in [-0.25, -0.2) is 4.79 Å². The summed E-state index contributed by atoms with van der Waals surface area (Å²) < 4.78 is 29.4. The molecule has 4 aliphatic heterocycles. The Balaban J connectivity index is 1.51. The Morgan fingerprint density at radius 3 is 2.27 bits per heavy atom. The molecule has 14 heteroatoms. The minimum Gasteiger partial charge on any atom is -0.460 e. The molecule has 5 rings (SSSR count). The van der Waals surface area contributed by atoms with Crippen LogP contribution in [-0.4, -0.2) is 132 Å². The molecule has 3 N–H and O–H groups in total. The van der Waals surface area contributed by atoms with Gasteiger partial charge in [-0.05, 0) is 101 Å². The Morgan fingerprint density at radius 2 is 1.58 bits per heavy atom. The van der Waals surface area contributed by atoms with Crippen molar-refractivity contribution in [3.63, 3.8) is 0 Å². The van der Waals surface area contributed by atoms with Gasteiger partial charge in [-0.1, -0.05) is 64.2 Å². The third kappa shape index (κ3) is 12.0. The van der Waals surface area contributed by atoms with Crippen LogP contribution in [0.4, 0.5) is 0 Å². The molecule has 0 aromatic carbocycles. The molecule has 0 aromatic heterocycles. The molecule has 0 radical (unpaired) electrons. The topological polar surface area (TPSA) is 195 Å². The monoisotopic (exact) mass is 898 g/mol. The van der Waals surface area contributed by atoms with Crippen molar-refractivity contribution < 1.29 is 63.0 Å². The molecule has 16 atom stereocenters. The molecular formula is C50H75NO13. The molecule has 6 bridgehead atoms. The molecule has 4 heterocycles. The van der Waals surface area contributed by atoms with Crippen molar-refractivity contribution in [1.82, 2.24) is 4.90 Å². The molecule has 1 amide bonds. The minimum atomic E-state index is -2.43. The standard InChI is InChI=1S/C50H75NO13/c1-28-14-11-10-12-15-29(2)40(60-7)26-35-19-17-33(6)50(59,64-35)47(56)48(57)51-21-13-16-36-37(24-34-18-20-38(52)42(25-34)61-8)41(63-49(58)43(36)51)27-39(53)30(3)23-32(5)45(55)46(62-9)44(54)31(4)22-28/h10-12,14-15,23,28,30-31,33-38,40-43,45-46,52,55,59H,13,16-22,24-27H2,1-9H3/b12-10+,14-11+,29-15+,32-23+/t28-,30?,31?,33?,34?,35?,36?,37+,38?,40?,41+,42?,43?,45?,46+,50?/m1/s1. The number of ether oxygens (including phenoxy) is 5. The first kappa shape index (κ1) is 51.6. The highest BCUT2D eigenvalue weighted by Crippen LogP contribution is 2.45. The predicted octanol–water partition coefficient (Wildman–Crippen LogP) is 5.40. The number of methoxy groups -OCH3 is 3. The van der Waals surface area contributed by atoms with Crippen LogP contribution in [0.15, 0.2) is 47.6 Å². The highest BCUT2D eigenvalue weighted by molar-refractivity contribution is 6.39. The number of aliphatic hydroxyl groups excluding tert-OH is 2. The average molecular weight is 898 g/mol. The summed E-state index contributed by atoms with van der Waals surface area (Å²) in [6, 6.07) is -1.12. The normalized spacial score (nSPS) is 43.2. The number of fused-ring (bicyclic) bond motifs is 3. The van der Waals surface area contributed by atoms with Crippen LogP contribution >= 0.6 is 0 Å². The van der Waals surface area contributed by atoms with Crippen molar-refractivity contribution in [2.45, 2.75) is 167 Å². The molecule has 14 nitrogen and oxygen atoms in total. The number of nitrogens with zero attached hydrogens (tertiary/aromatic N) is 1. The third-order valence-electron chi connectivity index (χ3n) is 14.9. The van der Waals surface area contributed by atoms with Gasteiger partial charge in [-0.3, -0.25) is 19.2 Å². The third-order valence-corrected chi connectivity index (χ3v) is 14.9. The molecule has 5 aliphatic rings. The second-order valence-corrected chi connectivity index (χ2v) is 19.5. The summed E-state index contributed by atoms with van der Waals surface area (Å²) in [4.78, 5) is 72.0. The zero-order chi connectivity index (χ0) is 47.0. The van der Waals surface area contributed by atoms with Crippen LogP contribution < -0.4 is 0 Å². The molecule has 4 fully saturated rings. The summed E-state index contributed by atoms with van der Waals surface area (Å²) in [6.07, 6.45) is 10.8. The van der Waals surface area contributed by atoms with Crippen molar-refractivity contribution in [3.05, 3.63) is 47.6 Å². The summed E-state index contributed by atoms with van der Waals surface area (Å²) >= 11 is 0. The molecule has 3 saturated heterocycles. The van der Waals surface area contributed by atoms with Gasteiger partial charge in [-0.2, -0.15) is 0 Å². The highest BCUT2D eigenvalue weighted by Gasteiger charge is 2.57. The second-order valence-electron chi connectivity index (χ2n) is 19.5. The van der Waals surface area contributed by atoms with E-state index in [1.54, 1.807) is 41.1 Å². The number of allylic oxidation sites excluding steroid dienone is 6. The van der Waals surface area contributed by atoms with Crippen LogP contribution in [0.5, 0.6) is 0 Å². The maximum absolute atomic E-state index is 14.4. The lowest BCUT2D eigenvalue weighted by Gasteiger charge is -2.50. The predicted molar refractivity (Wildman–Crippen MR) is 238 cm³/mol. The Bertz CT molecular complexity index is 1790. The van der Waals surface area contributed by atoms with E-state index in [1.165, 1.54) is 12.0 Å². The number of piperidine rings is 1. The first-order valence-corrected chi connectivity index (χ1v) is 23.5. The number of ketones is 3. The summed E-state index contributed by atoms with van der Waals surface area (Å²) in [5.41, 5.74) is 1.28. The molecule has 1 aliphatic carbocycles. The van der Waals surface area contributed by atoms with E-state index in [9.17, 15) is 39.3 Å². The summed E-state index contributed by atoms with van der Waals surface area (Å²) in [5.74, 6) is -8.43. The summed E-state index contributed by atoms with van der Waals surface area (Å²) in [5, 5.41) is 34.1. The Hall–Kier alpha value is -3.37. The Labute approximate surface area is 379 Å². The lowest BCUT2D eigenvalue weighted by atomic mass is 9.68. The van der Waals surface area contributed by atoms with E-state index >= 15 is 0 Å². The van der Waals surface area contributed by atoms with Gasteiger partial charge >= 0.3 is 5.97 Å². The van der Waals surface area contributed by atoms with E-state index in [2.05, 4.69) is 0 Å². The molecule has 0 aromatic rings. The van der Waals surface area contributed by atoms with E-state index < -0.39 is 95.7 Å². The van der Waals surface area contributed by atoms with Gasteiger partial charge < -0.3 is 43.9 Å². The fourth-order valence-electron chi connectivity index (χ4n) is 10.9. The SMILES string of the molecule is COC1CC2CCC(C)C(O)(O2)C(=O)C(=O)N2CCCC3C2C(=O)O[C@@H](CC(=O)C(C)/C=C(\C)C(O)[C@@H](OC)C(=O)C(C)C[C@H](C)/C=C/C=C/C=C/1C)[C@H]3CC1CCC(O)C(OC)C1. The maximum atomic E-state index is 14.4. The summed E-state index contributed by atoms with van der Waals surface area (Å²) in [7, 11) is 4.52. The molecular weight excluding hydrogens is 823 g/mol. The lowest BCUT2D eigenvalue weighted by molar-refractivity contribution is -0.266. The molecule has 12 unspecified atom stereocenters. The van der Waals surface area contributed by atoms with Crippen LogP contribution in [0.25, 0.3) is 0 Å². The van der Waals surface area contributed by atoms with Crippen molar-refractivity contribution in [1.29, 1.82) is 0 Å². The number of hydrogen-bond acceptors (Lipinski definition) is 13. The molecule has 0 spiro atoms. The minimum absolute atomic E-state index is 0.0231. The van der Waals surface area contributed by atoms with Gasteiger partial charge in [0.1, 0.15) is 30.1 Å². The second kappa shape index (κ2) is 22.9. The van der Waals surface area contributed by atoms with Crippen LogP contribution in [0, 0.1) is 41.4 Å². The number of amides is 1. The number of esters is 1. The number of hydrogen-bond donors (Lipinski definition) is 3. The number of rotatable bonds is 5. The van der Waals surface area contributed by atoms with Gasteiger partial charge in [0, 0.05) is 64.4 Å².